The van der Waals surface area contributed by atoms with Crippen molar-refractivity contribution in [2.75, 3.05) is 6.61 Å². The van der Waals surface area contributed by atoms with Crippen molar-refractivity contribution < 1.29 is 9.47 Å². The minimum atomic E-state index is -0.231. The van der Waals surface area contributed by atoms with E-state index in [2.05, 4.69) is 34.3 Å². The standard InChI is InChI=1S/C19H30O2/c1-7-8-9-14-20-18(19(4,5)6)21-17-12-10-16(11-13-17)15(2)3/h10-13,18H,2,7-9,14H2,1,3-6H3. The van der Waals surface area contributed by atoms with Gasteiger partial charge in [0.15, 0.2) is 0 Å². The highest BCUT2D eigenvalue weighted by molar-refractivity contribution is 5.61. The van der Waals surface area contributed by atoms with Crippen LogP contribution in [-0.4, -0.2) is 12.9 Å². The molecule has 0 bridgehead atoms. The number of unbranched alkanes of at least 4 members (excludes halogenated alkanes) is 2. The van der Waals surface area contributed by atoms with Crippen LogP contribution in [0.3, 0.4) is 0 Å². The Hall–Kier alpha value is -1.28. The second kappa shape index (κ2) is 8.23. The van der Waals surface area contributed by atoms with E-state index in [1.165, 1.54) is 12.8 Å². The van der Waals surface area contributed by atoms with Crippen molar-refractivity contribution in [2.45, 2.75) is 60.2 Å². The van der Waals surface area contributed by atoms with Gasteiger partial charge < -0.3 is 9.47 Å². The van der Waals surface area contributed by atoms with Crippen molar-refractivity contribution in [1.82, 2.24) is 0 Å². The van der Waals surface area contributed by atoms with Crippen molar-refractivity contribution in [1.29, 1.82) is 0 Å². The molecule has 0 aliphatic carbocycles. The minimum absolute atomic E-state index is 0.0563. The van der Waals surface area contributed by atoms with E-state index in [0.29, 0.717) is 0 Å². The number of rotatable bonds is 8. The number of ether oxygens (including phenoxy) is 2. The van der Waals surface area contributed by atoms with Gasteiger partial charge >= 0.3 is 0 Å². The first-order valence-corrected chi connectivity index (χ1v) is 7.88. The first-order chi connectivity index (χ1) is 9.84. The summed E-state index contributed by atoms with van der Waals surface area (Å²) in [6, 6.07) is 8.04. The molecule has 21 heavy (non-hydrogen) atoms. The SMILES string of the molecule is C=C(C)c1ccc(OC(OCCCCC)C(C)(C)C)cc1. The Morgan fingerprint density at radius 2 is 1.76 bits per heavy atom. The summed E-state index contributed by atoms with van der Waals surface area (Å²) in [5.74, 6) is 0.843. The molecule has 0 radical (unpaired) electrons. The van der Waals surface area contributed by atoms with Gasteiger partial charge in [-0.15, -0.1) is 0 Å². The molecular formula is C19H30O2. The Balaban J connectivity index is 2.65. The van der Waals surface area contributed by atoms with Gasteiger partial charge in [-0.1, -0.05) is 64.8 Å². The molecule has 0 saturated carbocycles. The van der Waals surface area contributed by atoms with Crippen LogP contribution in [0.4, 0.5) is 0 Å². The van der Waals surface area contributed by atoms with Crippen LogP contribution in [0.1, 0.15) is 59.4 Å². The molecule has 1 aromatic carbocycles. The molecule has 2 nitrogen and oxygen atoms in total. The van der Waals surface area contributed by atoms with Gasteiger partial charge in [0.2, 0.25) is 6.29 Å². The maximum absolute atomic E-state index is 6.04. The Labute approximate surface area is 130 Å². The quantitative estimate of drug-likeness (QED) is 0.453. The van der Waals surface area contributed by atoms with Crippen LogP contribution in [0.15, 0.2) is 30.8 Å². The Morgan fingerprint density at radius 1 is 1.14 bits per heavy atom. The molecule has 118 valence electrons. The molecule has 1 atom stereocenters. The molecule has 0 N–H and O–H groups in total. The summed E-state index contributed by atoms with van der Waals surface area (Å²) >= 11 is 0. The summed E-state index contributed by atoms with van der Waals surface area (Å²) in [6.45, 7) is 15.3. The zero-order valence-corrected chi connectivity index (χ0v) is 14.2. The highest BCUT2D eigenvalue weighted by atomic mass is 16.7. The van der Waals surface area contributed by atoms with E-state index in [0.717, 1.165) is 29.9 Å². The molecule has 0 heterocycles. The zero-order chi connectivity index (χ0) is 15.9. The van der Waals surface area contributed by atoms with E-state index in [-0.39, 0.29) is 11.7 Å². The topological polar surface area (TPSA) is 18.5 Å². The van der Waals surface area contributed by atoms with Crippen molar-refractivity contribution in [3.8, 4) is 5.75 Å². The van der Waals surface area contributed by atoms with E-state index in [4.69, 9.17) is 9.47 Å². The fourth-order valence-corrected chi connectivity index (χ4v) is 1.94. The highest BCUT2D eigenvalue weighted by Gasteiger charge is 2.27. The first-order valence-electron chi connectivity index (χ1n) is 7.88. The average Bonchev–Trinajstić information content (AvgIpc) is 2.41. The molecule has 1 aromatic rings. The minimum Gasteiger partial charge on any atom is -0.464 e. The maximum atomic E-state index is 6.04. The van der Waals surface area contributed by atoms with Gasteiger partial charge in [-0.25, -0.2) is 0 Å². The van der Waals surface area contributed by atoms with Crippen LogP contribution in [0.5, 0.6) is 5.75 Å². The smallest absolute Gasteiger partial charge is 0.204 e. The van der Waals surface area contributed by atoms with Crippen LogP contribution in [-0.2, 0) is 4.74 Å². The molecule has 1 unspecified atom stereocenters. The zero-order valence-electron chi connectivity index (χ0n) is 14.2. The lowest BCUT2D eigenvalue weighted by atomic mass is 9.96. The molecule has 0 aliphatic rings. The lowest BCUT2D eigenvalue weighted by molar-refractivity contribution is -0.141. The van der Waals surface area contributed by atoms with Crippen LogP contribution in [0.2, 0.25) is 0 Å². The van der Waals surface area contributed by atoms with E-state index >= 15 is 0 Å². The highest BCUT2D eigenvalue weighted by Crippen LogP contribution is 2.27. The van der Waals surface area contributed by atoms with E-state index < -0.39 is 0 Å². The van der Waals surface area contributed by atoms with Gasteiger partial charge in [0.25, 0.3) is 0 Å². The predicted molar refractivity (Wildman–Crippen MR) is 90.5 cm³/mol. The Morgan fingerprint density at radius 3 is 2.24 bits per heavy atom. The molecule has 0 spiro atoms. The Bertz CT molecular complexity index is 426. The third-order valence-corrected chi connectivity index (χ3v) is 3.31. The molecule has 0 saturated heterocycles. The van der Waals surface area contributed by atoms with Crippen LogP contribution in [0, 0.1) is 5.41 Å². The second-order valence-electron chi connectivity index (χ2n) is 6.70. The lowest BCUT2D eigenvalue weighted by Crippen LogP contribution is -2.35. The molecule has 2 heteroatoms. The van der Waals surface area contributed by atoms with E-state index in [9.17, 15) is 0 Å². The molecule has 0 aromatic heterocycles. The summed E-state index contributed by atoms with van der Waals surface area (Å²) < 4.78 is 12.0. The van der Waals surface area contributed by atoms with Crippen molar-refractivity contribution >= 4 is 5.57 Å². The lowest BCUT2D eigenvalue weighted by Gasteiger charge is -2.31. The van der Waals surface area contributed by atoms with Gasteiger partial charge in [-0.05, 0) is 31.0 Å². The fraction of sp³-hybridized carbons (Fsp3) is 0.579. The monoisotopic (exact) mass is 290 g/mol. The summed E-state index contributed by atoms with van der Waals surface area (Å²) in [7, 11) is 0. The fourth-order valence-electron chi connectivity index (χ4n) is 1.94. The van der Waals surface area contributed by atoms with Crippen molar-refractivity contribution in [3.63, 3.8) is 0 Å². The first kappa shape index (κ1) is 17.8. The molecular weight excluding hydrogens is 260 g/mol. The second-order valence-corrected chi connectivity index (χ2v) is 6.70. The normalized spacial score (nSPS) is 13.0. The van der Waals surface area contributed by atoms with Gasteiger partial charge in [0.05, 0.1) is 6.61 Å². The molecule has 1 rings (SSSR count). The predicted octanol–water partition coefficient (Wildman–Crippen LogP) is 5.68. The van der Waals surface area contributed by atoms with Crippen molar-refractivity contribution in [2.24, 2.45) is 5.41 Å². The third kappa shape index (κ3) is 6.34. The number of benzene rings is 1. The summed E-state index contributed by atoms with van der Waals surface area (Å²) in [5.41, 5.74) is 2.14. The van der Waals surface area contributed by atoms with Gasteiger partial charge in [0, 0.05) is 5.41 Å². The van der Waals surface area contributed by atoms with Gasteiger partial charge in [-0.2, -0.15) is 0 Å². The van der Waals surface area contributed by atoms with Crippen LogP contribution >= 0.6 is 0 Å². The molecule has 0 amide bonds. The summed E-state index contributed by atoms with van der Waals surface area (Å²) in [6.07, 6.45) is 3.25. The van der Waals surface area contributed by atoms with Gasteiger partial charge in [-0.3, -0.25) is 0 Å². The molecule has 0 fully saturated rings. The van der Waals surface area contributed by atoms with Gasteiger partial charge in [0.1, 0.15) is 5.75 Å². The van der Waals surface area contributed by atoms with Crippen LogP contribution < -0.4 is 4.74 Å². The van der Waals surface area contributed by atoms with Crippen LogP contribution in [0.25, 0.3) is 5.57 Å². The number of hydrogen-bond acceptors (Lipinski definition) is 2. The summed E-state index contributed by atoms with van der Waals surface area (Å²) in [5, 5.41) is 0. The summed E-state index contributed by atoms with van der Waals surface area (Å²) in [4.78, 5) is 0. The Kier molecular flexibility index (Phi) is 6.97. The third-order valence-electron chi connectivity index (χ3n) is 3.31. The van der Waals surface area contributed by atoms with E-state index in [1.807, 2.05) is 31.2 Å². The number of allylic oxidation sites excluding steroid dienone is 1. The largest absolute Gasteiger partial charge is 0.464 e. The van der Waals surface area contributed by atoms with E-state index in [1.54, 1.807) is 0 Å². The maximum Gasteiger partial charge on any atom is 0.204 e. The molecule has 0 aliphatic heterocycles. The van der Waals surface area contributed by atoms with Crippen molar-refractivity contribution in [3.05, 3.63) is 36.4 Å². The average molecular weight is 290 g/mol. The number of hydrogen-bond donors (Lipinski definition) is 0.